The van der Waals surface area contributed by atoms with Crippen molar-refractivity contribution in [2.75, 3.05) is 16.0 Å². The van der Waals surface area contributed by atoms with Crippen molar-refractivity contribution < 1.29 is 43.9 Å². The van der Waals surface area contributed by atoms with Gasteiger partial charge in [0, 0.05) is 39.9 Å². The Kier molecular flexibility index (Phi) is 11.9. The maximum atomic E-state index is 13.1. The number of benzene rings is 2. The molecule has 9 aromatic rings. The molecule has 70 heavy (non-hydrogen) atoms. The zero-order valence-corrected chi connectivity index (χ0v) is 37.1. The van der Waals surface area contributed by atoms with E-state index < -0.39 is 41.8 Å². The second-order valence-electron chi connectivity index (χ2n) is 16.2. The molecule has 0 aliphatic heterocycles. The van der Waals surface area contributed by atoms with E-state index in [1.54, 1.807) is 34.9 Å². The van der Waals surface area contributed by atoms with Gasteiger partial charge in [0.05, 0.1) is 5.69 Å². The Bertz CT molecular complexity index is 3170. The first-order valence-corrected chi connectivity index (χ1v) is 22.5. The van der Waals surface area contributed by atoms with Crippen molar-refractivity contribution in [3.05, 3.63) is 113 Å². The molecule has 3 aliphatic carbocycles. The third-order valence-electron chi connectivity index (χ3n) is 10.7. The first kappa shape index (κ1) is 46.5. The van der Waals surface area contributed by atoms with Gasteiger partial charge in [-0.25, -0.2) is 49.2 Å². The predicted octanol–water partition coefficient (Wildman–Crippen LogP) is 11.1. The van der Waals surface area contributed by atoms with Gasteiger partial charge in [-0.1, -0.05) is 11.6 Å². The number of alkyl halides is 9. The van der Waals surface area contributed by atoms with Crippen LogP contribution in [0.1, 0.15) is 56.0 Å². The van der Waals surface area contributed by atoms with E-state index >= 15 is 0 Å². The molecule has 2 aromatic carbocycles. The smallest absolute Gasteiger partial charge is 0.365 e. The van der Waals surface area contributed by atoms with E-state index in [2.05, 4.69) is 60.8 Å². The van der Waals surface area contributed by atoms with Crippen LogP contribution in [0.2, 0.25) is 5.02 Å². The van der Waals surface area contributed by atoms with E-state index in [4.69, 9.17) is 11.6 Å². The number of nitrogens with one attached hydrogen (secondary N) is 3. The van der Waals surface area contributed by atoms with Crippen molar-refractivity contribution in [3.63, 3.8) is 0 Å². The molecule has 7 aromatic heterocycles. The summed E-state index contributed by atoms with van der Waals surface area (Å²) in [6.07, 6.45) is -4.22. The third kappa shape index (κ3) is 10.2. The molecule has 0 bridgehead atoms. The standard InChI is InChI=1S/C15H11ClF3N5.C15H11F4N5.C13H10F3N5S/c2*16-8-1-5-10(6-2-8)24-7-20-11-12(21-9-3-4-9)22-14(15(17,18)19)23-13(11)24;14-13(15,16)12-19-10(18-7-1-2-7)9-11(20-12)21(6-17-9)8-3-4-22-5-8/h2*1-2,5-7,9H,3-4H2,(H,21,22,23);3-7H,1-2H2,(H,18,19,20). The Labute approximate surface area is 396 Å². The van der Waals surface area contributed by atoms with Crippen molar-refractivity contribution in [2.45, 2.75) is 75.2 Å². The average Bonchev–Trinajstić information content (AvgIpc) is 4.27. The van der Waals surface area contributed by atoms with Gasteiger partial charge in [0.25, 0.3) is 0 Å². The molecule has 12 rings (SSSR count). The monoisotopic (exact) mass is 1020 g/mol. The molecule has 0 unspecified atom stereocenters. The van der Waals surface area contributed by atoms with Gasteiger partial charge in [-0.05, 0) is 98.5 Å². The highest BCUT2D eigenvalue weighted by molar-refractivity contribution is 7.08. The summed E-state index contributed by atoms with van der Waals surface area (Å²) in [7, 11) is 0. The van der Waals surface area contributed by atoms with Gasteiger partial charge in [0.2, 0.25) is 17.5 Å². The molecule has 3 aliphatic rings. The lowest BCUT2D eigenvalue weighted by atomic mass is 10.3. The highest BCUT2D eigenvalue weighted by atomic mass is 35.5. The highest BCUT2D eigenvalue weighted by Gasteiger charge is 2.39. The van der Waals surface area contributed by atoms with Gasteiger partial charge < -0.3 is 16.0 Å². The molecule has 27 heteroatoms. The van der Waals surface area contributed by atoms with Crippen LogP contribution in [0.5, 0.6) is 0 Å². The van der Waals surface area contributed by atoms with Crippen LogP contribution in [0, 0.1) is 5.82 Å². The molecule has 0 amide bonds. The van der Waals surface area contributed by atoms with Crippen molar-refractivity contribution >= 4 is 73.9 Å². The van der Waals surface area contributed by atoms with E-state index in [-0.39, 0.29) is 58.0 Å². The minimum Gasteiger partial charge on any atom is -0.365 e. The van der Waals surface area contributed by atoms with Gasteiger partial charge in [0.1, 0.15) is 24.8 Å². The molecule has 362 valence electrons. The van der Waals surface area contributed by atoms with E-state index in [1.807, 2.05) is 10.8 Å². The Morgan fingerprint density at radius 3 is 1.13 bits per heavy atom. The van der Waals surface area contributed by atoms with Crippen LogP contribution in [0.25, 0.3) is 50.6 Å². The largest absolute Gasteiger partial charge is 0.451 e. The summed E-state index contributed by atoms with van der Waals surface area (Å²) in [4.78, 5) is 34.4. The average molecular weight is 1020 g/mol. The third-order valence-corrected chi connectivity index (χ3v) is 11.6. The summed E-state index contributed by atoms with van der Waals surface area (Å²) in [5.41, 5.74) is 3.00. The number of hydrogen-bond donors (Lipinski definition) is 3. The summed E-state index contributed by atoms with van der Waals surface area (Å²) in [6, 6.07) is 14.2. The number of imidazole rings is 3. The van der Waals surface area contributed by atoms with Gasteiger partial charge in [-0.3, -0.25) is 13.7 Å². The van der Waals surface area contributed by atoms with Crippen LogP contribution in [0.3, 0.4) is 0 Å². The minimum absolute atomic E-state index is 0.0204. The number of halogens is 11. The van der Waals surface area contributed by atoms with Crippen molar-refractivity contribution in [1.29, 1.82) is 0 Å². The fourth-order valence-electron chi connectivity index (χ4n) is 6.81. The van der Waals surface area contributed by atoms with E-state index in [1.165, 1.54) is 63.7 Å². The number of nitrogens with zero attached hydrogens (tertiary/aromatic N) is 12. The molecule has 7 heterocycles. The summed E-state index contributed by atoms with van der Waals surface area (Å²) in [5.74, 6) is -3.69. The number of thiophene rings is 1. The fourth-order valence-corrected chi connectivity index (χ4v) is 7.56. The van der Waals surface area contributed by atoms with E-state index in [9.17, 15) is 43.9 Å². The highest BCUT2D eigenvalue weighted by Crippen LogP contribution is 2.36. The topological polar surface area (TPSA) is 167 Å². The fraction of sp³-hybridized carbons (Fsp3) is 0.279. The van der Waals surface area contributed by atoms with Gasteiger partial charge in [-0.2, -0.15) is 50.9 Å². The SMILES string of the molecule is FC(F)(F)c1nc(NC2CC2)c2ncn(-c3ccc(Cl)cc3)c2n1.FC(F)(F)c1nc(NC2CC2)c2ncn(-c3ccsc3)c2n1.Fc1ccc(-n2cnc3c(NC4CC4)nc(C(F)(F)F)nc32)cc1. The molecule has 0 radical (unpaired) electrons. The van der Waals surface area contributed by atoms with Gasteiger partial charge in [-0.15, -0.1) is 0 Å². The quantitative estimate of drug-likeness (QED) is 0.117. The van der Waals surface area contributed by atoms with Crippen LogP contribution in [0.15, 0.2) is 84.3 Å². The minimum atomic E-state index is -4.67. The number of anilines is 3. The van der Waals surface area contributed by atoms with Crippen molar-refractivity contribution in [1.82, 2.24) is 58.6 Å². The summed E-state index contributed by atoms with van der Waals surface area (Å²) in [5, 5.41) is 13.2. The summed E-state index contributed by atoms with van der Waals surface area (Å²) >= 11 is 7.31. The van der Waals surface area contributed by atoms with Gasteiger partial charge in [0.15, 0.2) is 50.9 Å². The molecular formula is C43H32ClF10N15S. The molecule has 3 fully saturated rings. The molecule has 15 nitrogen and oxygen atoms in total. The van der Waals surface area contributed by atoms with Crippen LogP contribution in [-0.2, 0) is 18.5 Å². The second kappa shape index (κ2) is 17.9. The molecule has 3 saturated carbocycles. The zero-order chi connectivity index (χ0) is 49.1. The Morgan fingerprint density at radius 1 is 0.471 bits per heavy atom. The maximum Gasteiger partial charge on any atom is 0.451 e. The molecule has 3 N–H and O–H groups in total. The Hall–Kier alpha value is -7.22. The molecule has 0 saturated heterocycles. The maximum absolute atomic E-state index is 13.1. The van der Waals surface area contributed by atoms with Crippen LogP contribution in [-0.4, -0.2) is 76.7 Å². The van der Waals surface area contributed by atoms with E-state index in [0.717, 1.165) is 44.2 Å². The van der Waals surface area contributed by atoms with Crippen molar-refractivity contribution in [2.24, 2.45) is 0 Å². The summed E-state index contributed by atoms with van der Waals surface area (Å²) in [6.45, 7) is 0. The lowest BCUT2D eigenvalue weighted by molar-refractivity contribution is -0.145. The van der Waals surface area contributed by atoms with Crippen LogP contribution in [0.4, 0.5) is 61.4 Å². The number of hydrogen-bond acceptors (Lipinski definition) is 13. The molecular weight excluding hydrogens is 984 g/mol. The van der Waals surface area contributed by atoms with E-state index in [0.29, 0.717) is 27.4 Å². The van der Waals surface area contributed by atoms with Crippen molar-refractivity contribution in [3.8, 4) is 17.1 Å². The van der Waals surface area contributed by atoms with Crippen LogP contribution >= 0.6 is 22.9 Å². The number of aromatic nitrogens is 12. The number of rotatable bonds is 9. The first-order chi connectivity index (χ1) is 33.4. The van der Waals surface area contributed by atoms with Gasteiger partial charge >= 0.3 is 18.5 Å². The summed E-state index contributed by atoms with van der Waals surface area (Å²) < 4.78 is 135. The van der Waals surface area contributed by atoms with Crippen LogP contribution < -0.4 is 16.0 Å². The lowest BCUT2D eigenvalue weighted by Crippen LogP contribution is -2.15. The molecule has 0 atom stereocenters. The Morgan fingerprint density at radius 2 is 0.814 bits per heavy atom. The first-order valence-electron chi connectivity index (χ1n) is 21.2. The number of fused-ring (bicyclic) bond motifs is 3. The Balaban J connectivity index is 0.000000122. The normalized spacial score (nSPS) is 15.1. The lowest BCUT2D eigenvalue weighted by Gasteiger charge is -2.10. The second-order valence-corrected chi connectivity index (χ2v) is 17.4. The zero-order valence-electron chi connectivity index (χ0n) is 35.5. The predicted molar refractivity (Wildman–Crippen MR) is 238 cm³/mol. The molecule has 0 spiro atoms.